The van der Waals surface area contributed by atoms with Gasteiger partial charge in [0.25, 0.3) is 11.5 Å². The normalized spacial score (nSPS) is 25.9. The molecule has 2 fully saturated rings. The fourth-order valence-electron chi connectivity index (χ4n) is 4.91. The predicted octanol–water partition coefficient (Wildman–Crippen LogP) is 1.67. The van der Waals surface area contributed by atoms with E-state index in [0.717, 1.165) is 50.9 Å². The molecule has 2 aliphatic heterocycles. The molecule has 4 rings (SSSR count). The van der Waals surface area contributed by atoms with Crippen LogP contribution in [0.5, 0.6) is 0 Å². The molecule has 2 atom stereocenters. The summed E-state index contributed by atoms with van der Waals surface area (Å²) in [5.74, 6) is 0.608. The number of nitrogens with one attached hydrogen (secondary N) is 2. The van der Waals surface area contributed by atoms with Crippen LogP contribution in [-0.2, 0) is 11.3 Å². The van der Waals surface area contributed by atoms with Gasteiger partial charge in [0.1, 0.15) is 5.56 Å². The van der Waals surface area contributed by atoms with Crippen molar-refractivity contribution in [2.45, 2.75) is 50.1 Å². The molecule has 0 unspecified atom stereocenters. The van der Waals surface area contributed by atoms with Gasteiger partial charge < -0.3 is 19.9 Å². The highest BCUT2D eigenvalue weighted by molar-refractivity contribution is 5.94. The first-order valence-electron chi connectivity index (χ1n) is 9.38. The molecular formula is C19H28ClN3O3. The van der Waals surface area contributed by atoms with E-state index in [1.54, 1.807) is 13.2 Å². The van der Waals surface area contributed by atoms with Crippen LogP contribution in [0.3, 0.4) is 0 Å². The topological polar surface area (TPSA) is 72.4 Å². The van der Waals surface area contributed by atoms with Crippen molar-refractivity contribution in [1.29, 1.82) is 0 Å². The standard InChI is InChI=1S/C19H27N3O3.ClH/c1-25-12-19(6-2-3-7-19)21-17(23)15-4-5-16-14-8-13(9-20-10-14)11-22(16)18(15)24;/h4-5,13-14,20H,2-3,6-12H2,1H3,(H,21,23);1H/t13-,14+;/m0./s1. The summed E-state index contributed by atoms with van der Waals surface area (Å²) < 4.78 is 7.17. The summed E-state index contributed by atoms with van der Waals surface area (Å²) in [4.78, 5) is 25.8. The number of fused-ring (bicyclic) bond motifs is 4. The van der Waals surface area contributed by atoms with Gasteiger partial charge in [-0.25, -0.2) is 0 Å². The van der Waals surface area contributed by atoms with E-state index in [1.807, 2.05) is 10.6 Å². The maximum atomic E-state index is 13.0. The fraction of sp³-hybridized carbons (Fsp3) is 0.684. The minimum Gasteiger partial charge on any atom is -0.382 e. The maximum Gasteiger partial charge on any atom is 0.263 e. The second kappa shape index (κ2) is 7.71. The number of methoxy groups -OCH3 is 1. The molecule has 1 saturated heterocycles. The second-order valence-electron chi connectivity index (χ2n) is 7.92. The Morgan fingerprint density at radius 1 is 1.35 bits per heavy atom. The van der Waals surface area contributed by atoms with Crippen LogP contribution in [0.4, 0.5) is 0 Å². The average molecular weight is 382 g/mol. The van der Waals surface area contributed by atoms with Crippen LogP contribution in [0.25, 0.3) is 0 Å². The summed E-state index contributed by atoms with van der Waals surface area (Å²) in [6, 6.07) is 3.69. The quantitative estimate of drug-likeness (QED) is 0.832. The zero-order valence-corrected chi connectivity index (χ0v) is 16.1. The molecule has 7 heteroatoms. The van der Waals surface area contributed by atoms with E-state index in [-0.39, 0.29) is 35.0 Å². The van der Waals surface area contributed by atoms with Gasteiger partial charge in [-0.3, -0.25) is 9.59 Å². The van der Waals surface area contributed by atoms with Crippen molar-refractivity contribution in [3.63, 3.8) is 0 Å². The summed E-state index contributed by atoms with van der Waals surface area (Å²) in [6.45, 7) is 3.08. The number of rotatable bonds is 4. The molecule has 1 saturated carbocycles. The number of hydrogen-bond acceptors (Lipinski definition) is 4. The van der Waals surface area contributed by atoms with E-state index in [9.17, 15) is 9.59 Å². The van der Waals surface area contributed by atoms with Crippen molar-refractivity contribution in [3.05, 3.63) is 33.7 Å². The lowest BCUT2D eigenvalue weighted by atomic mass is 9.84. The molecule has 1 aliphatic carbocycles. The van der Waals surface area contributed by atoms with Gasteiger partial charge in [-0.05, 0) is 43.9 Å². The summed E-state index contributed by atoms with van der Waals surface area (Å²) in [5, 5.41) is 6.56. The first kappa shape index (κ1) is 19.4. The Kier molecular flexibility index (Phi) is 5.75. The highest BCUT2D eigenvalue weighted by Crippen LogP contribution is 2.32. The molecule has 1 amide bonds. The summed E-state index contributed by atoms with van der Waals surface area (Å²) >= 11 is 0. The largest absolute Gasteiger partial charge is 0.382 e. The zero-order chi connectivity index (χ0) is 17.4. The van der Waals surface area contributed by atoms with Gasteiger partial charge in [0.2, 0.25) is 0 Å². The SMILES string of the molecule is COCC1(NC(=O)c2ccc3n(c2=O)C[C@@H]2CNC[C@H]3C2)CCCC1.Cl. The Morgan fingerprint density at radius 3 is 2.85 bits per heavy atom. The Morgan fingerprint density at radius 2 is 2.12 bits per heavy atom. The number of aromatic nitrogens is 1. The number of pyridine rings is 1. The van der Waals surface area contributed by atoms with E-state index in [2.05, 4.69) is 10.6 Å². The smallest absolute Gasteiger partial charge is 0.263 e. The van der Waals surface area contributed by atoms with Crippen LogP contribution < -0.4 is 16.2 Å². The predicted molar refractivity (Wildman–Crippen MR) is 102 cm³/mol. The summed E-state index contributed by atoms with van der Waals surface area (Å²) in [7, 11) is 1.66. The zero-order valence-electron chi connectivity index (χ0n) is 15.3. The van der Waals surface area contributed by atoms with E-state index in [1.165, 1.54) is 0 Å². The molecule has 0 spiro atoms. The Labute approximate surface area is 160 Å². The number of ether oxygens (including phenoxy) is 1. The number of piperidine rings is 1. The fourth-order valence-corrected chi connectivity index (χ4v) is 4.91. The first-order chi connectivity index (χ1) is 12.1. The highest BCUT2D eigenvalue weighted by Gasteiger charge is 2.37. The lowest BCUT2D eigenvalue weighted by molar-refractivity contribution is 0.0764. The Bertz CT molecular complexity index is 727. The molecule has 0 aromatic carbocycles. The Hall–Kier alpha value is -1.37. The second-order valence-corrected chi connectivity index (χ2v) is 7.92. The number of carbonyl (C=O) groups excluding carboxylic acids is 1. The molecule has 6 nitrogen and oxygen atoms in total. The lowest BCUT2D eigenvalue weighted by Crippen LogP contribution is -2.51. The van der Waals surface area contributed by atoms with E-state index in [4.69, 9.17) is 4.74 Å². The molecule has 1 aromatic rings. The third-order valence-electron chi connectivity index (χ3n) is 6.11. The van der Waals surface area contributed by atoms with Crippen LogP contribution in [0.1, 0.15) is 54.1 Å². The van der Waals surface area contributed by atoms with Gasteiger partial charge in [-0.15, -0.1) is 12.4 Å². The van der Waals surface area contributed by atoms with Crippen LogP contribution in [-0.4, -0.2) is 42.8 Å². The average Bonchev–Trinajstić information content (AvgIpc) is 3.04. The minimum atomic E-state index is -0.320. The number of halogens is 1. The van der Waals surface area contributed by atoms with Crippen LogP contribution in [0.2, 0.25) is 0 Å². The van der Waals surface area contributed by atoms with Crippen molar-refractivity contribution >= 4 is 18.3 Å². The minimum absolute atomic E-state index is 0. The van der Waals surface area contributed by atoms with Crippen molar-refractivity contribution in [1.82, 2.24) is 15.2 Å². The molecule has 26 heavy (non-hydrogen) atoms. The summed E-state index contributed by atoms with van der Waals surface area (Å²) in [5.41, 5.74) is 0.868. The van der Waals surface area contributed by atoms with Crippen molar-refractivity contribution in [3.8, 4) is 0 Å². The number of nitrogens with zero attached hydrogens (tertiary/aromatic N) is 1. The van der Waals surface area contributed by atoms with E-state index >= 15 is 0 Å². The van der Waals surface area contributed by atoms with Gasteiger partial charge in [-0.2, -0.15) is 0 Å². The van der Waals surface area contributed by atoms with Crippen molar-refractivity contribution in [2.24, 2.45) is 5.92 Å². The third-order valence-corrected chi connectivity index (χ3v) is 6.11. The number of hydrogen-bond donors (Lipinski definition) is 2. The van der Waals surface area contributed by atoms with E-state index in [0.29, 0.717) is 25.0 Å². The van der Waals surface area contributed by atoms with Crippen LogP contribution in [0, 0.1) is 5.92 Å². The van der Waals surface area contributed by atoms with Gasteiger partial charge in [0.15, 0.2) is 0 Å². The maximum absolute atomic E-state index is 13.0. The monoisotopic (exact) mass is 381 g/mol. The highest BCUT2D eigenvalue weighted by atomic mass is 35.5. The van der Waals surface area contributed by atoms with Gasteiger partial charge in [0.05, 0.1) is 12.1 Å². The molecule has 0 radical (unpaired) electrons. The molecule has 144 valence electrons. The summed E-state index contributed by atoms with van der Waals surface area (Å²) in [6.07, 6.45) is 5.13. The molecule has 2 bridgehead atoms. The molecule has 3 aliphatic rings. The van der Waals surface area contributed by atoms with E-state index < -0.39 is 0 Å². The number of carbonyl (C=O) groups is 1. The molecule has 1 aromatic heterocycles. The Balaban J connectivity index is 0.00000196. The van der Waals surface area contributed by atoms with Crippen LogP contribution >= 0.6 is 12.4 Å². The molecule has 2 N–H and O–H groups in total. The lowest BCUT2D eigenvalue weighted by Gasteiger charge is -2.37. The third kappa shape index (κ3) is 3.42. The van der Waals surface area contributed by atoms with Crippen molar-refractivity contribution in [2.75, 3.05) is 26.8 Å². The first-order valence-corrected chi connectivity index (χ1v) is 9.38. The van der Waals surface area contributed by atoms with Gasteiger partial charge in [-0.1, -0.05) is 12.8 Å². The van der Waals surface area contributed by atoms with Gasteiger partial charge >= 0.3 is 0 Å². The van der Waals surface area contributed by atoms with Crippen LogP contribution in [0.15, 0.2) is 16.9 Å². The molecule has 3 heterocycles. The van der Waals surface area contributed by atoms with Gasteiger partial charge in [0, 0.05) is 31.8 Å². The number of amides is 1. The van der Waals surface area contributed by atoms with Crippen molar-refractivity contribution < 1.29 is 9.53 Å². The molecular weight excluding hydrogens is 354 g/mol.